The van der Waals surface area contributed by atoms with Gasteiger partial charge in [0.05, 0.1) is 11.2 Å². The third kappa shape index (κ3) is 2.74. The minimum absolute atomic E-state index is 0.172. The second kappa shape index (κ2) is 6.37. The standard InChI is InChI=1S/C19H18N2O3/c22-9-3-8-20-17-11-16(21-15-5-2-1-4-14(15)17)13-6-7-18-19(10-13)24-12-23-18/h1-2,4-7,10-11,22H,3,8-9,12H2,(H,20,21). The van der Waals surface area contributed by atoms with Gasteiger partial charge in [0.2, 0.25) is 6.79 Å². The number of rotatable bonds is 5. The van der Waals surface area contributed by atoms with Crippen LogP contribution in [-0.2, 0) is 0 Å². The number of nitrogens with one attached hydrogen (secondary N) is 1. The van der Waals surface area contributed by atoms with Gasteiger partial charge in [-0.15, -0.1) is 0 Å². The number of aromatic nitrogens is 1. The first kappa shape index (κ1) is 14.8. The summed E-state index contributed by atoms with van der Waals surface area (Å²) < 4.78 is 10.8. The van der Waals surface area contributed by atoms with Crippen molar-refractivity contribution < 1.29 is 14.6 Å². The molecule has 0 spiro atoms. The van der Waals surface area contributed by atoms with Crippen LogP contribution >= 0.6 is 0 Å². The van der Waals surface area contributed by atoms with E-state index in [4.69, 9.17) is 19.6 Å². The summed E-state index contributed by atoms with van der Waals surface area (Å²) in [5.74, 6) is 1.51. The van der Waals surface area contributed by atoms with Crippen LogP contribution in [0, 0.1) is 0 Å². The van der Waals surface area contributed by atoms with E-state index in [-0.39, 0.29) is 13.4 Å². The lowest BCUT2D eigenvalue weighted by atomic mass is 10.1. The highest BCUT2D eigenvalue weighted by atomic mass is 16.7. The van der Waals surface area contributed by atoms with E-state index in [0.29, 0.717) is 13.0 Å². The van der Waals surface area contributed by atoms with E-state index in [1.807, 2.05) is 48.5 Å². The zero-order valence-electron chi connectivity index (χ0n) is 13.2. The fourth-order valence-electron chi connectivity index (χ4n) is 2.83. The SMILES string of the molecule is OCCCNc1cc(-c2ccc3c(c2)OCO3)nc2ccccc12. The van der Waals surface area contributed by atoms with Crippen molar-refractivity contribution in [1.82, 2.24) is 4.98 Å². The van der Waals surface area contributed by atoms with E-state index in [0.717, 1.165) is 39.3 Å². The number of aliphatic hydroxyl groups excluding tert-OH is 1. The van der Waals surface area contributed by atoms with Crippen LogP contribution in [0.25, 0.3) is 22.2 Å². The molecule has 0 aliphatic carbocycles. The molecule has 24 heavy (non-hydrogen) atoms. The Labute approximate surface area is 139 Å². The number of hydrogen-bond acceptors (Lipinski definition) is 5. The van der Waals surface area contributed by atoms with Gasteiger partial charge >= 0.3 is 0 Å². The van der Waals surface area contributed by atoms with Crippen molar-refractivity contribution in [3.63, 3.8) is 0 Å². The Kier molecular flexibility index (Phi) is 3.92. The molecule has 4 rings (SSSR count). The number of benzene rings is 2. The first-order chi connectivity index (χ1) is 11.8. The summed E-state index contributed by atoms with van der Waals surface area (Å²) in [6.45, 7) is 1.15. The van der Waals surface area contributed by atoms with Crippen LogP contribution in [0.4, 0.5) is 5.69 Å². The Morgan fingerprint density at radius 1 is 1.04 bits per heavy atom. The maximum absolute atomic E-state index is 9.00. The van der Waals surface area contributed by atoms with Crippen molar-refractivity contribution >= 4 is 16.6 Å². The number of ether oxygens (including phenoxy) is 2. The summed E-state index contributed by atoms with van der Waals surface area (Å²) in [5, 5.41) is 13.5. The van der Waals surface area contributed by atoms with Gasteiger partial charge in [-0.1, -0.05) is 18.2 Å². The predicted octanol–water partition coefficient (Wildman–Crippen LogP) is 3.42. The van der Waals surface area contributed by atoms with Gasteiger partial charge in [-0.05, 0) is 36.8 Å². The zero-order chi connectivity index (χ0) is 16.4. The van der Waals surface area contributed by atoms with E-state index < -0.39 is 0 Å². The van der Waals surface area contributed by atoms with Gasteiger partial charge in [-0.2, -0.15) is 0 Å². The third-order valence-corrected chi connectivity index (χ3v) is 4.03. The molecule has 0 unspecified atom stereocenters. The van der Waals surface area contributed by atoms with Gasteiger partial charge < -0.3 is 19.9 Å². The Bertz CT molecular complexity index is 880. The van der Waals surface area contributed by atoms with Crippen LogP contribution in [-0.4, -0.2) is 30.0 Å². The monoisotopic (exact) mass is 322 g/mol. The molecule has 3 aromatic rings. The topological polar surface area (TPSA) is 63.6 Å². The average Bonchev–Trinajstić information content (AvgIpc) is 3.09. The van der Waals surface area contributed by atoms with E-state index in [1.54, 1.807) is 0 Å². The van der Waals surface area contributed by atoms with Crippen LogP contribution < -0.4 is 14.8 Å². The fraction of sp³-hybridized carbons (Fsp3) is 0.211. The zero-order valence-corrected chi connectivity index (χ0v) is 13.2. The molecule has 0 fully saturated rings. The summed E-state index contributed by atoms with van der Waals surface area (Å²) in [6.07, 6.45) is 0.704. The number of hydrogen-bond donors (Lipinski definition) is 2. The lowest BCUT2D eigenvalue weighted by Crippen LogP contribution is -2.04. The van der Waals surface area contributed by atoms with Gasteiger partial charge in [0, 0.05) is 29.8 Å². The van der Waals surface area contributed by atoms with Crippen LogP contribution in [0.1, 0.15) is 6.42 Å². The van der Waals surface area contributed by atoms with E-state index in [9.17, 15) is 0 Å². The normalized spacial score (nSPS) is 12.5. The number of aliphatic hydroxyl groups is 1. The lowest BCUT2D eigenvalue weighted by molar-refractivity contribution is 0.174. The molecule has 1 aliphatic heterocycles. The van der Waals surface area contributed by atoms with E-state index >= 15 is 0 Å². The first-order valence-electron chi connectivity index (χ1n) is 8.00. The molecule has 1 aliphatic rings. The minimum atomic E-state index is 0.172. The average molecular weight is 322 g/mol. The van der Waals surface area contributed by atoms with E-state index in [2.05, 4.69) is 5.32 Å². The minimum Gasteiger partial charge on any atom is -0.454 e. The van der Waals surface area contributed by atoms with Gasteiger partial charge in [-0.25, -0.2) is 4.98 Å². The molecule has 122 valence electrons. The highest BCUT2D eigenvalue weighted by Crippen LogP contribution is 2.36. The summed E-state index contributed by atoms with van der Waals surface area (Å²) in [6, 6.07) is 15.9. The molecule has 0 radical (unpaired) electrons. The number of anilines is 1. The summed E-state index contributed by atoms with van der Waals surface area (Å²) in [7, 11) is 0. The van der Waals surface area contributed by atoms with Crippen molar-refractivity contribution in [2.75, 3.05) is 25.3 Å². The van der Waals surface area contributed by atoms with Crippen molar-refractivity contribution in [2.24, 2.45) is 0 Å². The first-order valence-corrected chi connectivity index (χ1v) is 8.00. The lowest BCUT2D eigenvalue weighted by Gasteiger charge is -2.12. The maximum atomic E-state index is 9.00. The third-order valence-electron chi connectivity index (χ3n) is 4.03. The van der Waals surface area contributed by atoms with E-state index in [1.165, 1.54) is 0 Å². The molecular formula is C19H18N2O3. The van der Waals surface area contributed by atoms with Crippen molar-refractivity contribution in [3.8, 4) is 22.8 Å². The number of pyridine rings is 1. The number of nitrogens with zero attached hydrogens (tertiary/aromatic N) is 1. The summed E-state index contributed by atoms with van der Waals surface area (Å²) >= 11 is 0. The maximum Gasteiger partial charge on any atom is 0.231 e. The highest BCUT2D eigenvalue weighted by molar-refractivity contribution is 5.93. The predicted molar refractivity (Wildman–Crippen MR) is 93.5 cm³/mol. The largest absolute Gasteiger partial charge is 0.454 e. The van der Waals surface area contributed by atoms with Crippen molar-refractivity contribution in [2.45, 2.75) is 6.42 Å². The smallest absolute Gasteiger partial charge is 0.231 e. The molecule has 0 saturated carbocycles. The van der Waals surface area contributed by atoms with Crippen LogP contribution in [0.15, 0.2) is 48.5 Å². The number of fused-ring (bicyclic) bond motifs is 2. The molecule has 2 N–H and O–H groups in total. The van der Waals surface area contributed by atoms with Crippen LogP contribution in [0.2, 0.25) is 0 Å². The van der Waals surface area contributed by atoms with Crippen LogP contribution in [0.3, 0.4) is 0 Å². The Hall–Kier alpha value is -2.79. The molecule has 5 nitrogen and oxygen atoms in total. The molecule has 0 amide bonds. The molecule has 0 bridgehead atoms. The second-order valence-electron chi connectivity index (χ2n) is 5.64. The number of para-hydroxylation sites is 1. The van der Waals surface area contributed by atoms with Gasteiger partial charge in [0.1, 0.15) is 0 Å². The Morgan fingerprint density at radius 3 is 2.83 bits per heavy atom. The molecule has 0 saturated heterocycles. The van der Waals surface area contributed by atoms with Crippen molar-refractivity contribution in [1.29, 1.82) is 0 Å². The molecule has 1 aromatic heterocycles. The summed E-state index contributed by atoms with van der Waals surface area (Å²) in [4.78, 5) is 4.77. The fourth-order valence-corrected chi connectivity index (χ4v) is 2.83. The van der Waals surface area contributed by atoms with Gasteiger partial charge in [0.25, 0.3) is 0 Å². The van der Waals surface area contributed by atoms with Gasteiger partial charge in [-0.3, -0.25) is 0 Å². The second-order valence-corrected chi connectivity index (χ2v) is 5.64. The molecule has 0 atom stereocenters. The molecule has 5 heteroatoms. The van der Waals surface area contributed by atoms with Crippen LogP contribution in [0.5, 0.6) is 11.5 Å². The molecular weight excluding hydrogens is 304 g/mol. The Balaban J connectivity index is 1.77. The van der Waals surface area contributed by atoms with Gasteiger partial charge in [0.15, 0.2) is 11.5 Å². The Morgan fingerprint density at radius 2 is 1.92 bits per heavy atom. The highest BCUT2D eigenvalue weighted by Gasteiger charge is 2.15. The van der Waals surface area contributed by atoms with Crippen molar-refractivity contribution in [3.05, 3.63) is 48.5 Å². The molecule has 2 aromatic carbocycles. The quantitative estimate of drug-likeness (QED) is 0.705. The summed E-state index contributed by atoms with van der Waals surface area (Å²) in [5.41, 5.74) is 3.80. The molecule has 2 heterocycles.